The summed E-state index contributed by atoms with van der Waals surface area (Å²) < 4.78 is 51.8. The molecule has 0 spiro atoms. The molecular weight excluding hydrogens is 447 g/mol. The van der Waals surface area contributed by atoms with Crippen molar-refractivity contribution in [1.29, 1.82) is 0 Å². The Labute approximate surface area is 195 Å². The van der Waals surface area contributed by atoms with Crippen molar-refractivity contribution in [3.05, 3.63) is 77.1 Å². The molecule has 0 unspecified atom stereocenters. The number of benzene rings is 2. The lowest BCUT2D eigenvalue weighted by Gasteiger charge is -2.12. The molecular formula is C25H26F3N3O3. The van der Waals surface area contributed by atoms with Crippen molar-refractivity contribution in [3.63, 3.8) is 0 Å². The average Bonchev–Trinajstić information content (AvgIpc) is 3.56. The lowest BCUT2D eigenvalue weighted by molar-refractivity contribution is -0.137. The van der Waals surface area contributed by atoms with Crippen LogP contribution in [0.25, 0.3) is 5.69 Å². The van der Waals surface area contributed by atoms with Crippen LogP contribution in [0.5, 0.6) is 0 Å². The van der Waals surface area contributed by atoms with Gasteiger partial charge in [-0.15, -0.1) is 0 Å². The number of nitrogens with zero attached hydrogens (tertiary/aromatic N) is 2. The Bertz CT molecular complexity index is 1140. The van der Waals surface area contributed by atoms with Crippen molar-refractivity contribution >= 4 is 11.6 Å². The predicted molar refractivity (Wildman–Crippen MR) is 121 cm³/mol. The summed E-state index contributed by atoms with van der Waals surface area (Å²) in [5.41, 5.74) is 2.02. The summed E-state index contributed by atoms with van der Waals surface area (Å²) in [7, 11) is 0. The third kappa shape index (κ3) is 5.84. The summed E-state index contributed by atoms with van der Waals surface area (Å²) in [4.78, 5) is 13.1. The van der Waals surface area contributed by atoms with Crippen molar-refractivity contribution in [3.8, 4) is 5.69 Å². The van der Waals surface area contributed by atoms with Gasteiger partial charge in [-0.1, -0.05) is 18.2 Å². The monoisotopic (exact) mass is 473 g/mol. The highest BCUT2D eigenvalue weighted by Gasteiger charge is 2.34. The van der Waals surface area contributed by atoms with Gasteiger partial charge in [0.2, 0.25) is 0 Å². The Hall–Kier alpha value is -3.17. The molecule has 0 saturated heterocycles. The first-order valence-corrected chi connectivity index (χ1v) is 11.2. The molecule has 9 heteroatoms. The Morgan fingerprint density at radius 1 is 1.12 bits per heavy atom. The molecule has 34 heavy (non-hydrogen) atoms. The van der Waals surface area contributed by atoms with Gasteiger partial charge in [0.25, 0.3) is 5.91 Å². The van der Waals surface area contributed by atoms with Crippen molar-refractivity contribution < 1.29 is 27.4 Å². The van der Waals surface area contributed by atoms with E-state index in [4.69, 9.17) is 9.47 Å². The number of ether oxygens (including phenoxy) is 2. The van der Waals surface area contributed by atoms with Crippen LogP contribution in [-0.2, 0) is 22.3 Å². The largest absolute Gasteiger partial charge is 0.416 e. The molecule has 1 saturated carbocycles. The zero-order valence-electron chi connectivity index (χ0n) is 18.8. The third-order valence-corrected chi connectivity index (χ3v) is 5.46. The lowest BCUT2D eigenvalue weighted by Crippen LogP contribution is -2.15. The van der Waals surface area contributed by atoms with Crippen LogP contribution in [-0.4, -0.2) is 35.5 Å². The van der Waals surface area contributed by atoms with Gasteiger partial charge < -0.3 is 14.8 Å². The minimum atomic E-state index is -4.46. The van der Waals surface area contributed by atoms with Crippen LogP contribution in [0.1, 0.15) is 52.9 Å². The van der Waals surface area contributed by atoms with Gasteiger partial charge in [-0.25, -0.2) is 4.68 Å². The van der Waals surface area contributed by atoms with E-state index in [2.05, 4.69) is 10.4 Å². The first kappa shape index (κ1) is 24.0. The zero-order chi connectivity index (χ0) is 24.1. The van der Waals surface area contributed by atoms with Gasteiger partial charge in [0.05, 0.1) is 48.5 Å². The smallest absolute Gasteiger partial charge is 0.379 e. The van der Waals surface area contributed by atoms with Gasteiger partial charge in [0.1, 0.15) is 0 Å². The average molecular weight is 473 g/mol. The lowest BCUT2D eigenvalue weighted by atomic mass is 10.1. The minimum Gasteiger partial charge on any atom is -0.379 e. The number of carbonyl (C=O) groups excluding carboxylic acids is 1. The number of alkyl halides is 3. The number of halogens is 3. The molecule has 4 rings (SSSR count). The number of rotatable bonds is 10. The van der Waals surface area contributed by atoms with E-state index in [0.717, 1.165) is 30.5 Å². The van der Waals surface area contributed by atoms with Gasteiger partial charge >= 0.3 is 6.18 Å². The van der Waals surface area contributed by atoms with Gasteiger partial charge in [-0.05, 0) is 55.7 Å². The third-order valence-electron chi connectivity index (χ3n) is 5.46. The summed E-state index contributed by atoms with van der Waals surface area (Å²) in [6.07, 6.45) is -1.32. The molecule has 0 bridgehead atoms. The topological polar surface area (TPSA) is 65.4 Å². The van der Waals surface area contributed by atoms with E-state index >= 15 is 0 Å². The second-order valence-corrected chi connectivity index (χ2v) is 8.08. The van der Waals surface area contributed by atoms with Crippen LogP contribution in [0, 0.1) is 0 Å². The van der Waals surface area contributed by atoms with Crippen LogP contribution >= 0.6 is 0 Å². The van der Waals surface area contributed by atoms with E-state index in [1.807, 2.05) is 25.1 Å². The van der Waals surface area contributed by atoms with Crippen LogP contribution < -0.4 is 5.32 Å². The number of hydrogen-bond donors (Lipinski definition) is 1. The number of anilines is 1. The summed E-state index contributed by atoms with van der Waals surface area (Å²) in [5.74, 6) is -0.266. The second kappa shape index (κ2) is 10.4. The predicted octanol–water partition coefficient (Wildman–Crippen LogP) is 5.57. The van der Waals surface area contributed by atoms with Crippen LogP contribution in [0.15, 0.2) is 54.7 Å². The van der Waals surface area contributed by atoms with E-state index in [1.54, 1.807) is 12.1 Å². The molecule has 1 heterocycles. The van der Waals surface area contributed by atoms with Crippen molar-refractivity contribution in [2.45, 2.75) is 38.5 Å². The highest BCUT2D eigenvalue weighted by molar-refractivity contribution is 6.05. The molecule has 1 N–H and O–H groups in total. The molecule has 0 radical (unpaired) electrons. The van der Waals surface area contributed by atoms with Gasteiger partial charge in [-0.2, -0.15) is 18.3 Å². The van der Waals surface area contributed by atoms with Crippen molar-refractivity contribution in [2.75, 3.05) is 25.1 Å². The van der Waals surface area contributed by atoms with E-state index in [0.29, 0.717) is 43.4 Å². The Morgan fingerprint density at radius 3 is 2.62 bits per heavy atom. The number of aromatic nitrogens is 2. The maximum atomic E-state index is 13.2. The number of amides is 1. The van der Waals surface area contributed by atoms with Crippen molar-refractivity contribution in [1.82, 2.24) is 9.78 Å². The standard InChI is InChI=1S/C25H26F3N3O3/c1-2-33-11-12-34-16-17-5-3-7-20(13-17)30-24(32)22-15-29-31(23(22)18-9-10-18)21-8-4-6-19(14-21)25(26,27)28/h3-8,13-15,18H,2,9-12,16H2,1H3,(H,30,32). The maximum absolute atomic E-state index is 13.2. The van der Waals surface area contributed by atoms with Gasteiger partial charge in [-0.3, -0.25) is 4.79 Å². The summed E-state index contributed by atoms with van der Waals surface area (Å²) in [6.45, 7) is 3.94. The number of carbonyl (C=O) groups is 1. The van der Waals surface area contributed by atoms with E-state index < -0.39 is 11.7 Å². The van der Waals surface area contributed by atoms with E-state index in [9.17, 15) is 18.0 Å². The quantitative estimate of drug-likeness (QED) is 0.391. The SMILES string of the molecule is CCOCCOCc1cccc(NC(=O)c2cnn(-c3cccc(C(F)(F)F)c3)c2C2CC2)c1. The Balaban J connectivity index is 1.51. The van der Waals surface area contributed by atoms with Gasteiger partial charge in [0.15, 0.2) is 0 Å². The fraction of sp³-hybridized carbons (Fsp3) is 0.360. The fourth-order valence-corrected chi connectivity index (χ4v) is 3.69. The molecule has 0 aliphatic heterocycles. The number of nitrogens with one attached hydrogen (secondary N) is 1. The van der Waals surface area contributed by atoms with Crippen LogP contribution in [0.4, 0.5) is 18.9 Å². The fourth-order valence-electron chi connectivity index (χ4n) is 3.69. The molecule has 1 aromatic heterocycles. The molecule has 0 atom stereocenters. The second-order valence-electron chi connectivity index (χ2n) is 8.08. The van der Waals surface area contributed by atoms with Gasteiger partial charge in [0, 0.05) is 18.2 Å². The molecule has 1 aliphatic carbocycles. The zero-order valence-corrected chi connectivity index (χ0v) is 18.8. The summed E-state index contributed by atoms with van der Waals surface area (Å²) in [5, 5.41) is 7.15. The molecule has 1 fully saturated rings. The van der Waals surface area contributed by atoms with Crippen molar-refractivity contribution in [2.24, 2.45) is 0 Å². The maximum Gasteiger partial charge on any atom is 0.416 e. The molecule has 180 valence electrons. The van der Waals surface area contributed by atoms with Crippen LogP contribution in [0.2, 0.25) is 0 Å². The molecule has 2 aromatic carbocycles. The van der Waals surface area contributed by atoms with E-state index in [-0.39, 0.29) is 17.5 Å². The van der Waals surface area contributed by atoms with E-state index in [1.165, 1.54) is 16.9 Å². The minimum absolute atomic E-state index is 0.0860. The molecule has 3 aromatic rings. The highest BCUT2D eigenvalue weighted by Crippen LogP contribution is 2.43. The summed E-state index contributed by atoms with van der Waals surface area (Å²) >= 11 is 0. The first-order chi connectivity index (χ1) is 16.4. The Kier molecular flexibility index (Phi) is 7.33. The highest BCUT2D eigenvalue weighted by atomic mass is 19.4. The normalized spacial score (nSPS) is 13.8. The summed E-state index contributed by atoms with van der Waals surface area (Å²) in [6, 6.07) is 12.3. The molecule has 1 aliphatic rings. The van der Waals surface area contributed by atoms with Crippen LogP contribution in [0.3, 0.4) is 0 Å². The molecule has 1 amide bonds. The molecule has 6 nitrogen and oxygen atoms in total. The number of hydrogen-bond acceptors (Lipinski definition) is 4. The first-order valence-electron chi connectivity index (χ1n) is 11.2. The Morgan fingerprint density at radius 2 is 1.88 bits per heavy atom.